The van der Waals surface area contributed by atoms with Gasteiger partial charge in [0, 0.05) is 49.5 Å². The molecule has 7 nitrogen and oxygen atoms in total. The molecule has 1 heterocycles. The Kier molecular flexibility index (Phi) is 6.64. The van der Waals surface area contributed by atoms with Gasteiger partial charge in [0.15, 0.2) is 0 Å². The van der Waals surface area contributed by atoms with Gasteiger partial charge in [-0.1, -0.05) is 18.2 Å². The number of carbonyl (C=O) groups excluding carboxylic acids is 1. The summed E-state index contributed by atoms with van der Waals surface area (Å²) in [6, 6.07) is 19.3. The molecule has 0 spiro atoms. The van der Waals surface area contributed by atoms with Gasteiger partial charge in [0.25, 0.3) is 0 Å². The number of amides is 2. The Bertz CT molecular complexity index is 1160. The number of hydrogen-bond donors (Lipinski definition) is 2. The number of carbonyl (C=O) groups is 1. The number of nitrogens with two attached hydrogens (primary N) is 1. The lowest BCUT2D eigenvalue weighted by molar-refractivity contribution is 0.250. The number of anilines is 3. The predicted octanol–water partition coefficient (Wildman–Crippen LogP) is 4.73. The Balaban J connectivity index is 1.39. The number of nitrogens with one attached hydrogen (secondary N) is 1. The zero-order valence-corrected chi connectivity index (χ0v) is 19.2. The number of aromatic nitrogens is 1. The van der Waals surface area contributed by atoms with Crippen molar-refractivity contribution in [1.82, 2.24) is 4.98 Å². The number of benzene rings is 2. The van der Waals surface area contributed by atoms with Gasteiger partial charge in [0.2, 0.25) is 0 Å². The minimum atomic E-state index is -0.462. The van der Waals surface area contributed by atoms with Crippen molar-refractivity contribution >= 4 is 34.1 Å². The lowest BCUT2D eigenvalue weighted by Gasteiger charge is -2.33. The fourth-order valence-electron chi connectivity index (χ4n) is 4.60. The van der Waals surface area contributed by atoms with Crippen molar-refractivity contribution in [3.8, 4) is 6.07 Å². The van der Waals surface area contributed by atoms with Crippen LogP contribution in [0.5, 0.6) is 0 Å². The van der Waals surface area contributed by atoms with Crippen molar-refractivity contribution in [1.29, 1.82) is 5.26 Å². The van der Waals surface area contributed by atoms with E-state index in [-0.39, 0.29) is 0 Å². The van der Waals surface area contributed by atoms with E-state index in [9.17, 15) is 4.79 Å². The number of primary amides is 1. The molecule has 1 aliphatic rings. The second-order valence-electron chi connectivity index (χ2n) is 8.91. The zero-order chi connectivity index (χ0) is 23.4. The Hall–Kier alpha value is -3.79. The molecule has 0 unspecified atom stereocenters. The molecule has 170 valence electrons. The molecule has 3 aromatic rings. The van der Waals surface area contributed by atoms with Crippen molar-refractivity contribution < 1.29 is 4.79 Å². The summed E-state index contributed by atoms with van der Waals surface area (Å²) in [5.74, 6) is 1.28. The smallest absolute Gasteiger partial charge is 0.319 e. The van der Waals surface area contributed by atoms with E-state index in [1.165, 1.54) is 0 Å². The molecule has 33 heavy (non-hydrogen) atoms. The predicted molar refractivity (Wildman–Crippen MR) is 134 cm³/mol. The van der Waals surface area contributed by atoms with Crippen LogP contribution in [-0.4, -0.2) is 37.7 Å². The van der Waals surface area contributed by atoms with Crippen molar-refractivity contribution in [2.45, 2.75) is 31.7 Å². The molecule has 3 N–H and O–H groups in total. The first-order chi connectivity index (χ1) is 15.9. The van der Waals surface area contributed by atoms with E-state index in [0.29, 0.717) is 24.1 Å². The van der Waals surface area contributed by atoms with Gasteiger partial charge < -0.3 is 16.0 Å². The van der Waals surface area contributed by atoms with Crippen LogP contribution < -0.4 is 20.9 Å². The fraction of sp³-hybridized carbons (Fsp3) is 0.346. The normalized spacial score (nSPS) is 17.8. The highest BCUT2D eigenvalue weighted by Gasteiger charge is 2.25. The average Bonchev–Trinajstić information content (AvgIpc) is 2.83. The standard InChI is InChI=1S/C26H30N6O/c1-31(2)24-15-25(30-23-6-4-3-5-22(23)24)29-20-11-7-19(8-12-20)17-32(26(28)33)21-13-9-18(16-27)10-14-21/h3-6,9-10,13-15,19-20H,7-8,11-12,17H2,1-2H3,(H2,28,33)(H,29,30)/t19-,20+. The number of urea groups is 1. The van der Waals surface area contributed by atoms with E-state index in [0.717, 1.165) is 53.8 Å². The maximum atomic E-state index is 12.1. The third-order valence-corrected chi connectivity index (χ3v) is 6.39. The minimum absolute atomic E-state index is 0.349. The van der Waals surface area contributed by atoms with Gasteiger partial charge in [-0.15, -0.1) is 0 Å². The molecule has 7 heteroatoms. The van der Waals surface area contributed by atoms with Crippen molar-refractivity contribution in [2.24, 2.45) is 11.7 Å². The molecular formula is C26H30N6O. The number of nitriles is 1. The Morgan fingerprint density at radius 3 is 2.45 bits per heavy atom. The first kappa shape index (κ1) is 22.4. The van der Waals surface area contributed by atoms with E-state index < -0.39 is 6.03 Å². The van der Waals surface area contributed by atoms with E-state index in [4.69, 9.17) is 16.0 Å². The van der Waals surface area contributed by atoms with Crippen LogP contribution in [0.2, 0.25) is 0 Å². The summed E-state index contributed by atoms with van der Waals surface area (Å²) in [7, 11) is 4.10. The summed E-state index contributed by atoms with van der Waals surface area (Å²) < 4.78 is 0. The van der Waals surface area contributed by atoms with E-state index in [1.54, 1.807) is 29.2 Å². The number of nitrogens with zero attached hydrogens (tertiary/aromatic N) is 4. The molecule has 0 bridgehead atoms. The quantitative estimate of drug-likeness (QED) is 0.575. The number of hydrogen-bond acceptors (Lipinski definition) is 5. The average molecular weight is 443 g/mol. The molecule has 0 radical (unpaired) electrons. The summed E-state index contributed by atoms with van der Waals surface area (Å²) in [6.07, 6.45) is 4.03. The highest BCUT2D eigenvalue weighted by atomic mass is 16.2. The Morgan fingerprint density at radius 2 is 1.82 bits per heavy atom. The van der Waals surface area contributed by atoms with Crippen LogP contribution in [0.4, 0.5) is 22.0 Å². The van der Waals surface area contributed by atoms with E-state index in [2.05, 4.69) is 42.5 Å². The highest BCUT2D eigenvalue weighted by molar-refractivity contribution is 5.93. The van der Waals surface area contributed by atoms with Crippen LogP contribution in [-0.2, 0) is 0 Å². The van der Waals surface area contributed by atoms with Crippen molar-refractivity contribution in [2.75, 3.05) is 35.8 Å². The van der Waals surface area contributed by atoms with Gasteiger partial charge in [-0.3, -0.25) is 4.90 Å². The number of pyridine rings is 1. The van der Waals surface area contributed by atoms with Gasteiger partial charge in [-0.05, 0) is 61.9 Å². The van der Waals surface area contributed by atoms with Crippen LogP contribution in [0.25, 0.3) is 10.9 Å². The van der Waals surface area contributed by atoms with E-state index in [1.807, 2.05) is 18.2 Å². The van der Waals surface area contributed by atoms with Gasteiger partial charge >= 0.3 is 6.03 Å². The molecule has 0 atom stereocenters. The summed E-state index contributed by atoms with van der Waals surface area (Å²) in [5, 5.41) is 13.8. The minimum Gasteiger partial charge on any atom is -0.377 e. The molecule has 1 aromatic heterocycles. The summed E-state index contributed by atoms with van der Waals surface area (Å²) in [5.41, 5.74) is 9.10. The maximum absolute atomic E-state index is 12.1. The van der Waals surface area contributed by atoms with Gasteiger partial charge in [0.1, 0.15) is 5.82 Å². The molecule has 2 aromatic carbocycles. The summed E-state index contributed by atoms with van der Waals surface area (Å²) >= 11 is 0. The number of para-hydroxylation sites is 1. The van der Waals surface area contributed by atoms with Crippen LogP contribution in [0.1, 0.15) is 31.2 Å². The van der Waals surface area contributed by atoms with Crippen molar-refractivity contribution in [3.63, 3.8) is 0 Å². The number of fused-ring (bicyclic) bond motifs is 1. The summed E-state index contributed by atoms with van der Waals surface area (Å²) in [4.78, 5) is 20.7. The van der Waals surface area contributed by atoms with Crippen LogP contribution in [0.15, 0.2) is 54.6 Å². The molecule has 4 rings (SSSR count). The second kappa shape index (κ2) is 9.78. The zero-order valence-electron chi connectivity index (χ0n) is 19.2. The lowest BCUT2D eigenvalue weighted by Crippen LogP contribution is -2.41. The fourth-order valence-corrected chi connectivity index (χ4v) is 4.60. The van der Waals surface area contributed by atoms with Crippen LogP contribution in [0.3, 0.4) is 0 Å². The SMILES string of the molecule is CN(C)c1cc(N[C@H]2CC[C@@H](CN(C(N)=O)c3ccc(C#N)cc3)CC2)nc2ccccc12. The molecule has 1 saturated carbocycles. The second-order valence-corrected chi connectivity index (χ2v) is 8.91. The Labute approximate surface area is 194 Å². The van der Waals surface area contributed by atoms with Gasteiger partial charge in [-0.25, -0.2) is 9.78 Å². The molecule has 2 amide bonds. The molecule has 0 saturated heterocycles. The lowest BCUT2D eigenvalue weighted by atomic mass is 9.85. The largest absolute Gasteiger partial charge is 0.377 e. The molecule has 0 aliphatic heterocycles. The maximum Gasteiger partial charge on any atom is 0.319 e. The molecular weight excluding hydrogens is 412 g/mol. The van der Waals surface area contributed by atoms with Crippen LogP contribution >= 0.6 is 0 Å². The first-order valence-corrected chi connectivity index (χ1v) is 11.4. The topological polar surface area (TPSA) is 98.3 Å². The van der Waals surface area contributed by atoms with Gasteiger partial charge in [-0.2, -0.15) is 5.26 Å². The van der Waals surface area contributed by atoms with E-state index >= 15 is 0 Å². The summed E-state index contributed by atoms with van der Waals surface area (Å²) in [6.45, 7) is 0.590. The third kappa shape index (κ3) is 5.17. The van der Waals surface area contributed by atoms with Gasteiger partial charge in [0.05, 0.1) is 17.1 Å². The highest BCUT2D eigenvalue weighted by Crippen LogP contribution is 2.31. The van der Waals surface area contributed by atoms with Crippen molar-refractivity contribution in [3.05, 3.63) is 60.2 Å². The molecule has 1 fully saturated rings. The monoisotopic (exact) mass is 442 g/mol. The Morgan fingerprint density at radius 1 is 1.12 bits per heavy atom. The van der Waals surface area contributed by atoms with Crippen LogP contribution in [0, 0.1) is 17.2 Å². The third-order valence-electron chi connectivity index (χ3n) is 6.39. The number of rotatable bonds is 6. The molecule has 1 aliphatic carbocycles. The first-order valence-electron chi connectivity index (χ1n) is 11.4.